The van der Waals surface area contributed by atoms with E-state index in [1.54, 1.807) is 6.92 Å². The van der Waals surface area contributed by atoms with Crippen molar-refractivity contribution >= 4 is 11.5 Å². The van der Waals surface area contributed by atoms with E-state index in [0.29, 0.717) is 10.4 Å². The fourth-order valence-electron chi connectivity index (χ4n) is 3.10. The Kier molecular flexibility index (Phi) is 4.21. The fourth-order valence-corrected chi connectivity index (χ4v) is 3.10. The van der Waals surface area contributed by atoms with Crippen molar-refractivity contribution in [3.8, 4) is 22.4 Å². The number of hydrogen-bond acceptors (Lipinski definition) is 5. The molecule has 0 amide bonds. The smallest absolute Gasteiger partial charge is 0.382 e. The molecule has 4 rings (SSSR count). The maximum atomic E-state index is 13.5. The Labute approximate surface area is 159 Å². The van der Waals surface area contributed by atoms with Crippen molar-refractivity contribution in [3.63, 3.8) is 0 Å². The molecule has 0 aliphatic rings. The van der Waals surface area contributed by atoms with Gasteiger partial charge >= 0.3 is 12.7 Å². The molecule has 29 heavy (non-hydrogen) atoms. The van der Waals surface area contributed by atoms with E-state index in [9.17, 15) is 22.0 Å². The van der Waals surface area contributed by atoms with Gasteiger partial charge in [-0.15, -0.1) is 5.10 Å². The number of anilines is 1. The van der Waals surface area contributed by atoms with Gasteiger partial charge in [0.1, 0.15) is 5.82 Å². The average Bonchev–Trinajstić information content (AvgIpc) is 3.24. The lowest BCUT2D eigenvalue weighted by Gasteiger charge is -2.13. The van der Waals surface area contributed by atoms with Crippen LogP contribution in [0.1, 0.15) is 17.8 Å². The Bertz CT molecular complexity index is 1210. The number of fused-ring (bicyclic) bond motifs is 1. The molecular formula is C17H12F5N7. The van der Waals surface area contributed by atoms with Crippen LogP contribution in [-0.4, -0.2) is 29.4 Å². The number of halogens is 5. The number of pyridine rings is 1. The number of aryl methyl sites for hydroxylation is 1. The zero-order chi connectivity index (χ0) is 20.9. The van der Waals surface area contributed by atoms with Crippen LogP contribution >= 0.6 is 0 Å². The minimum Gasteiger partial charge on any atom is -0.382 e. The zero-order valence-electron chi connectivity index (χ0n) is 14.7. The molecule has 0 aromatic carbocycles. The van der Waals surface area contributed by atoms with Crippen molar-refractivity contribution in [2.24, 2.45) is 0 Å². The summed E-state index contributed by atoms with van der Waals surface area (Å²) in [5, 5.41) is 7.69. The number of imidazole rings is 1. The van der Waals surface area contributed by atoms with Gasteiger partial charge in [0.25, 0.3) is 0 Å². The molecule has 0 spiro atoms. The molecule has 12 heteroatoms. The van der Waals surface area contributed by atoms with Crippen LogP contribution in [0.15, 0.2) is 36.9 Å². The van der Waals surface area contributed by atoms with Gasteiger partial charge in [0.15, 0.2) is 5.65 Å². The van der Waals surface area contributed by atoms with E-state index in [2.05, 4.69) is 20.2 Å². The second-order valence-electron chi connectivity index (χ2n) is 6.17. The van der Waals surface area contributed by atoms with Crippen LogP contribution in [0.4, 0.5) is 27.8 Å². The highest BCUT2D eigenvalue weighted by Gasteiger charge is 2.34. The highest BCUT2D eigenvalue weighted by atomic mass is 19.4. The minimum atomic E-state index is -4.63. The van der Waals surface area contributed by atoms with E-state index < -0.39 is 18.3 Å². The molecule has 0 aliphatic carbocycles. The molecule has 0 saturated carbocycles. The maximum Gasteiger partial charge on any atom is 0.417 e. The van der Waals surface area contributed by atoms with E-state index in [1.807, 2.05) is 0 Å². The topological polar surface area (TPSA) is 86.9 Å². The Morgan fingerprint density at radius 1 is 1.14 bits per heavy atom. The lowest BCUT2D eigenvalue weighted by Crippen LogP contribution is -2.09. The van der Waals surface area contributed by atoms with Crippen LogP contribution in [0.2, 0.25) is 0 Å². The Balaban J connectivity index is 2.00. The lowest BCUT2D eigenvalue weighted by molar-refractivity contribution is -0.137. The molecule has 0 aliphatic heterocycles. The third kappa shape index (κ3) is 3.15. The molecule has 0 fully saturated rings. The molecule has 0 atom stereocenters. The van der Waals surface area contributed by atoms with E-state index in [-0.39, 0.29) is 33.8 Å². The van der Waals surface area contributed by atoms with Crippen molar-refractivity contribution in [3.05, 3.63) is 48.2 Å². The molecular weight excluding hydrogens is 397 g/mol. The van der Waals surface area contributed by atoms with Gasteiger partial charge in [-0.25, -0.2) is 14.2 Å². The van der Waals surface area contributed by atoms with Crippen LogP contribution in [0, 0.1) is 6.92 Å². The van der Waals surface area contributed by atoms with Gasteiger partial charge in [-0.1, -0.05) is 0 Å². The largest absolute Gasteiger partial charge is 0.417 e. The molecule has 4 heterocycles. The number of nitrogens with two attached hydrogens (primary N) is 1. The van der Waals surface area contributed by atoms with Crippen LogP contribution in [0.5, 0.6) is 0 Å². The van der Waals surface area contributed by atoms with Gasteiger partial charge in [0.05, 0.1) is 23.1 Å². The summed E-state index contributed by atoms with van der Waals surface area (Å²) in [6, 6.07) is 2.12. The van der Waals surface area contributed by atoms with Crippen molar-refractivity contribution in [1.29, 1.82) is 0 Å². The second kappa shape index (κ2) is 6.50. The van der Waals surface area contributed by atoms with Crippen molar-refractivity contribution in [1.82, 2.24) is 29.4 Å². The van der Waals surface area contributed by atoms with Crippen LogP contribution in [0.25, 0.3) is 28.0 Å². The molecule has 150 valence electrons. The van der Waals surface area contributed by atoms with E-state index >= 15 is 0 Å². The summed E-state index contributed by atoms with van der Waals surface area (Å²) < 4.78 is 67.8. The molecule has 7 nitrogen and oxygen atoms in total. The van der Waals surface area contributed by atoms with E-state index in [4.69, 9.17) is 5.73 Å². The standard InChI is InChI=1S/C17H12F5N7/c1-8-14(9-5-25-28(7-9)16(18)19)29-15(26-8)10(4-13(23)27-29)11-6-24-3-2-12(11)17(20,21)22/h2-7,16H,1H3,(H2,23,27). The first-order valence-electron chi connectivity index (χ1n) is 8.17. The summed E-state index contributed by atoms with van der Waals surface area (Å²) in [5.74, 6) is -0.0793. The third-order valence-corrected chi connectivity index (χ3v) is 4.27. The summed E-state index contributed by atoms with van der Waals surface area (Å²) in [6.45, 7) is -1.26. The first kappa shape index (κ1) is 18.8. The molecule has 0 radical (unpaired) electrons. The van der Waals surface area contributed by atoms with Crippen LogP contribution < -0.4 is 5.73 Å². The van der Waals surface area contributed by atoms with Crippen LogP contribution in [-0.2, 0) is 6.18 Å². The Morgan fingerprint density at radius 2 is 1.90 bits per heavy atom. The lowest BCUT2D eigenvalue weighted by atomic mass is 10.0. The summed E-state index contributed by atoms with van der Waals surface area (Å²) in [4.78, 5) is 8.10. The monoisotopic (exact) mass is 409 g/mol. The fraction of sp³-hybridized carbons (Fsp3) is 0.176. The summed E-state index contributed by atoms with van der Waals surface area (Å²) in [5.41, 5.74) is 5.75. The molecule has 4 aromatic rings. The minimum absolute atomic E-state index is 0.0635. The van der Waals surface area contributed by atoms with Gasteiger partial charge in [-0.2, -0.15) is 27.1 Å². The molecule has 0 saturated heterocycles. The molecule has 0 bridgehead atoms. The highest BCUT2D eigenvalue weighted by molar-refractivity contribution is 5.83. The maximum absolute atomic E-state index is 13.5. The number of alkyl halides is 5. The van der Waals surface area contributed by atoms with E-state index in [0.717, 1.165) is 24.7 Å². The van der Waals surface area contributed by atoms with Gasteiger partial charge in [-0.3, -0.25) is 4.98 Å². The number of rotatable bonds is 3. The predicted octanol–water partition coefficient (Wildman–Crippen LogP) is 3.96. The predicted molar refractivity (Wildman–Crippen MR) is 92.8 cm³/mol. The van der Waals surface area contributed by atoms with Gasteiger partial charge in [0, 0.05) is 35.3 Å². The first-order valence-corrected chi connectivity index (χ1v) is 8.17. The average molecular weight is 409 g/mol. The molecule has 2 N–H and O–H groups in total. The number of hydrogen-bond donors (Lipinski definition) is 1. The highest BCUT2D eigenvalue weighted by Crippen LogP contribution is 2.39. The van der Waals surface area contributed by atoms with Crippen LogP contribution in [0.3, 0.4) is 0 Å². The molecule has 0 unspecified atom stereocenters. The molecule has 4 aromatic heterocycles. The van der Waals surface area contributed by atoms with Crippen molar-refractivity contribution in [2.45, 2.75) is 19.6 Å². The van der Waals surface area contributed by atoms with E-state index in [1.165, 1.54) is 16.8 Å². The third-order valence-electron chi connectivity index (χ3n) is 4.27. The van der Waals surface area contributed by atoms with Crippen molar-refractivity contribution < 1.29 is 22.0 Å². The summed E-state index contributed by atoms with van der Waals surface area (Å²) in [7, 11) is 0. The first-order chi connectivity index (χ1) is 13.7. The van der Waals surface area contributed by atoms with Crippen molar-refractivity contribution in [2.75, 3.05) is 5.73 Å². The normalized spacial score (nSPS) is 12.2. The Morgan fingerprint density at radius 3 is 2.55 bits per heavy atom. The Hall–Kier alpha value is -3.57. The summed E-state index contributed by atoms with van der Waals surface area (Å²) >= 11 is 0. The van der Waals surface area contributed by atoms with Gasteiger partial charge < -0.3 is 5.73 Å². The van der Waals surface area contributed by atoms with Gasteiger partial charge in [0.2, 0.25) is 0 Å². The quantitative estimate of drug-likeness (QED) is 0.518. The number of aromatic nitrogens is 6. The summed E-state index contributed by atoms with van der Waals surface area (Å²) in [6.07, 6.45) is -0.240. The second-order valence-corrected chi connectivity index (χ2v) is 6.17. The SMILES string of the molecule is Cc1nc2c(-c3cnccc3C(F)(F)F)cc(N)nn2c1-c1cnn(C(F)F)c1. The number of nitrogens with zero attached hydrogens (tertiary/aromatic N) is 6. The number of nitrogen functional groups attached to an aromatic ring is 1. The van der Waals surface area contributed by atoms with Gasteiger partial charge in [-0.05, 0) is 19.1 Å². The zero-order valence-corrected chi connectivity index (χ0v) is 14.7.